The number of rotatable bonds is 2. The molecule has 1 heterocycles. The van der Waals surface area contributed by atoms with Gasteiger partial charge in [-0.15, -0.1) is 0 Å². The standard InChI is InChI=1S/C18H21N/c1-13-3-6-15(7-4-13)12-18-17-8-5-14(2)11-16(17)9-10-19-18/h3-8,11,18-19H,9-10,12H2,1-2H3. The molecule has 0 saturated heterocycles. The van der Waals surface area contributed by atoms with Crippen LogP contribution in [0.3, 0.4) is 0 Å². The average molecular weight is 251 g/mol. The molecule has 1 aliphatic heterocycles. The second kappa shape index (κ2) is 5.18. The lowest BCUT2D eigenvalue weighted by Crippen LogP contribution is -2.31. The topological polar surface area (TPSA) is 12.0 Å². The summed E-state index contributed by atoms with van der Waals surface area (Å²) in [6, 6.07) is 16.2. The third kappa shape index (κ3) is 2.71. The molecule has 19 heavy (non-hydrogen) atoms. The fourth-order valence-electron chi connectivity index (χ4n) is 2.92. The van der Waals surface area contributed by atoms with Crippen LogP contribution < -0.4 is 5.32 Å². The zero-order valence-corrected chi connectivity index (χ0v) is 11.7. The van der Waals surface area contributed by atoms with Crippen LogP contribution in [0.25, 0.3) is 0 Å². The van der Waals surface area contributed by atoms with E-state index < -0.39 is 0 Å². The molecule has 1 nitrogen and oxygen atoms in total. The van der Waals surface area contributed by atoms with E-state index in [9.17, 15) is 0 Å². The highest BCUT2D eigenvalue weighted by atomic mass is 14.9. The number of hydrogen-bond donors (Lipinski definition) is 1. The Hall–Kier alpha value is -1.60. The van der Waals surface area contributed by atoms with Crippen LogP contribution >= 0.6 is 0 Å². The first-order chi connectivity index (χ1) is 9.22. The third-order valence-corrected chi connectivity index (χ3v) is 4.02. The molecule has 2 aromatic rings. The van der Waals surface area contributed by atoms with Gasteiger partial charge >= 0.3 is 0 Å². The van der Waals surface area contributed by atoms with E-state index >= 15 is 0 Å². The molecule has 0 aliphatic carbocycles. The van der Waals surface area contributed by atoms with Crippen molar-refractivity contribution < 1.29 is 0 Å². The van der Waals surface area contributed by atoms with E-state index in [4.69, 9.17) is 0 Å². The highest BCUT2D eigenvalue weighted by Gasteiger charge is 2.19. The molecule has 1 unspecified atom stereocenters. The van der Waals surface area contributed by atoms with Gasteiger partial charge in [0.25, 0.3) is 0 Å². The maximum atomic E-state index is 3.66. The zero-order chi connectivity index (χ0) is 13.2. The molecule has 0 saturated carbocycles. The molecule has 0 aromatic heterocycles. The smallest absolute Gasteiger partial charge is 0.0363 e. The summed E-state index contributed by atoms with van der Waals surface area (Å²) < 4.78 is 0. The summed E-state index contributed by atoms with van der Waals surface area (Å²) in [7, 11) is 0. The lowest BCUT2D eigenvalue weighted by molar-refractivity contribution is 0.502. The van der Waals surface area contributed by atoms with Crippen LogP contribution in [-0.2, 0) is 12.8 Å². The summed E-state index contributed by atoms with van der Waals surface area (Å²) in [5, 5.41) is 3.66. The second-order valence-corrected chi connectivity index (χ2v) is 5.65. The number of benzene rings is 2. The fraction of sp³-hybridized carbons (Fsp3) is 0.333. The van der Waals surface area contributed by atoms with Crippen molar-refractivity contribution in [2.75, 3.05) is 6.54 Å². The molecule has 3 rings (SSSR count). The van der Waals surface area contributed by atoms with Crippen LogP contribution in [0.4, 0.5) is 0 Å². The molecule has 98 valence electrons. The molecule has 0 fully saturated rings. The Labute approximate surface area is 115 Å². The first-order valence-corrected chi connectivity index (χ1v) is 7.11. The first kappa shape index (κ1) is 12.4. The molecule has 0 amide bonds. The average Bonchev–Trinajstić information content (AvgIpc) is 2.41. The zero-order valence-electron chi connectivity index (χ0n) is 11.7. The predicted molar refractivity (Wildman–Crippen MR) is 80.5 cm³/mol. The predicted octanol–water partition coefficient (Wildman–Crippen LogP) is 3.73. The van der Waals surface area contributed by atoms with Crippen molar-refractivity contribution in [3.05, 3.63) is 70.3 Å². The van der Waals surface area contributed by atoms with Gasteiger partial charge in [0.15, 0.2) is 0 Å². The van der Waals surface area contributed by atoms with E-state index in [-0.39, 0.29) is 0 Å². The molecular formula is C18H21N. The van der Waals surface area contributed by atoms with E-state index in [1.165, 1.54) is 27.8 Å². The van der Waals surface area contributed by atoms with Gasteiger partial charge in [0.05, 0.1) is 0 Å². The number of aryl methyl sites for hydroxylation is 2. The molecular weight excluding hydrogens is 230 g/mol. The van der Waals surface area contributed by atoms with E-state index in [1.54, 1.807) is 0 Å². The Kier molecular flexibility index (Phi) is 3.39. The molecule has 1 aliphatic rings. The molecule has 1 atom stereocenters. The quantitative estimate of drug-likeness (QED) is 0.857. The number of fused-ring (bicyclic) bond motifs is 1. The largest absolute Gasteiger partial charge is 0.309 e. The number of hydrogen-bond acceptors (Lipinski definition) is 1. The van der Waals surface area contributed by atoms with Crippen LogP contribution in [0.15, 0.2) is 42.5 Å². The third-order valence-electron chi connectivity index (χ3n) is 4.02. The summed E-state index contributed by atoms with van der Waals surface area (Å²) in [4.78, 5) is 0. The van der Waals surface area contributed by atoms with Crippen molar-refractivity contribution in [3.63, 3.8) is 0 Å². The van der Waals surface area contributed by atoms with Crippen molar-refractivity contribution in [1.29, 1.82) is 0 Å². The Morgan fingerprint density at radius 2 is 1.74 bits per heavy atom. The van der Waals surface area contributed by atoms with Gasteiger partial charge < -0.3 is 5.32 Å². The maximum absolute atomic E-state index is 3.66. The Morgan fingerprint density at radius 3 is 2.53 bits per heavy atom. The van der Waals surface area contributed by atoms with Gasteiger partial charge in [0.2, 0.25) is 0 Å². The molecule has 2 aromatic carbocycles. The lowest BCUT2D eigenvalue weighted by atomic mass is 9.89. The monoisotopic (exact) mass is 251 g/mol. The molecule has 1 N–H and O–H groups in total. The van der Waals surface area contributed by atoms with E-state index in [0.29, 0.717) is 6.04 Å². The highest BCUT2D eigenvalue weighted by Crippen LogP contribution is 2.26. The Morgan fingerprint density at radius 1 is 1.00 bits per heavy atom. The van der Waals surface area contributed by atoms with Gasteiger partial charge in [-0.3, -0.25) is 0 Å². The summed E-state index contributed by atoms with van der Waals surface area (Å²) in [6.07, 6.45) is 2.23. The van der Waals surface area contributed by atoms with Crippen molar-refractivity contribution in [2.45, 2.75) is 32.7 Å². The lowest BCUT2D eigenvalue weighted by Gasteiger charge is -2.27. The summed E-state index contributed by atoms with van der Waals surface area (Å²) >= 11 is 0. The minimum absolute atomic E-state index is 0.465. The van der Waals surface area contributed by atoms with Crippen molar-refractivity contribution >= 4 is 0 Å². The van der Waals surface area contributed by atoms with Crippen LogP contribution in [0.1, 0.15) is 33.9 Å². The van der Waals surface area contributed by atoms with E-state index in [1.807, 2.05) is 0 Å². The van der Waals surface area contributed by atoms with Gasteiger partial charge in [0, 0.05) is 6.04 Å². The number of nitrogens with one attached hydrogen (secondary N) is 1. The first-order valence-electron chi connectivity index (χ1n) is 7.11. The summed E-state index contributed by atoms with van der Waals surface area (Å²) in [5.74, 6) is 0. The van der Waals surface area contributed by atoms with Gasteiger partial charge in [-0.25, -0.2) is 0 Å². The molecule has 0 bridgehead atoms. The minimum atomic E-state index is 0.465. The van der Waals surface area contributed by atoms with E-state index in [0.717, 1.165) is 19.4 Å². The fourth-order valence-corrected chi connectivity index (χ4v) is 2.92. The Balaban J connectivity index is 1.85. The van der Waals surface area contributed by atoms with Crippen LogP contribution in [0.2, 0.25) is 0 Å². The minimum Gasteiger partial charge on any atom is -0.309 e. The van der Waals surface area contributed by atoms with Gasteiger partial charge in [0.1, 0.15) is 0 Å². The van der Waals surface area contributed by atoms with E-state index in [2.05, 4.69) is 61.6 Å². The van der Waals surface area contributed by atoms with Crippen LogP contribution in [0, 0.1) is 13.8 Å². The second-order valence-electron chi connectivity index (χ2n) is 5.65. The van der Waals surface area contributed by atoms with Gasteiger partial charge in [-0.05, 0) is 49.9 Å². The normalized spacial score (nSPS) is 18.1. The molecule has 0 radical (unpaired) electrons. The highest BCUT2D eigenvalue weighted by molar-refractivity contribution is 5.37. The van der Waals surface area contributed by atoms with Crippen LogP contribution in [-0.4, -0.2) is 6.54 Å². The van der Waals surface area contributed by atoms with Crippen molar-refractivity contribution in [2.24, 2.45) is 0 Å². The molecule has 0 spiro atoms. The van der Waals surface area contributed by atoms with Crippen LogP contribution in [0.5, 0.6) is 0 Å². The molecule has 1 heteroatoms. The van der Waals surface area contributed by atoms with Gasteiger partial charge in [-0.1, -0.05) is 53.6 Å². The Bertz CT molecular complexity index is 569. The van der Waals surface area contributed by atoms with Crippen molar-refractivity contribution in [3.8, 4) is 0 Å². The SMILES string of the molecule is Cc1ccc(CC2NCCc3cc(C)ccc32)cc1. The van der Waals surface area contributed by atoms with Gasteiger partial charge in [-0.2, -0.15) is 0 Å². The maximum Gasteiger partial charge on any atom is 0.0363 e. The summed E-state index contributed by atoms with van der Waals surface area (Å²) in [6.45, 7) is 5.41. The van der Waals surface area contributed by atoms with Crippen molar-refractivity contribution in [1.82, 2.24) is 5.32 Å². The summed E-state index contributed by atoms with van der Waals surface area (Å²) in [5.41, 5.74) is 7.12.